The highest BCUT2D eigenvalue weighted by atomic mass is 32.2. The highest BCUT2D eigenvalue weighted by Crippen LogP contribution is 2.34. The summed E-state index contributed by atoms with van der Waals surface area (Å²) in [6, 6.07) is 0.449. The van der Waals surface area contributed by atoms with E-state index in [4.69, 9.17) is 5.11 Å². The number of carboxylic acid groups (broad SMARTS) is 1. The third kappa shape index (κ3) is 2.22. The van der Waals surface area contributed by atoms with Crippen LogP contribution >= 0.6 is 11.8 Å². The Morgan fingerprint density at radius 3 is 3.07 bits per heavy atom. The number of tetrazole rings is 1. The van der Waals surface area contributed by atoms with Crippen LogP contribution in [0.3, 0.4) is 0 Å². The molecular formula is C7H10N4O2S. The molecule has 6 nitrogen and oxygen atoms in total. The molecule has 1 aliphatic carbocycles. The molecule has 14 heavy (non-hydrogen) atoms. The highest BCUT2D eigenvalue weighted by molar-refractivity contribution is 7.99. The van der Waals surface area contributed by atoms with Gasteiger partial charge in [0.1, 0.15) is 0 Å². The molecule has 76 valence electrons. The van der Waals surface area contributed by atoms with Crippen molar-refractivity contribution in [2.75, 3.05) is 5.75 Å². The maximum Gasteiger partial charge on any atom is 0.313 e. The van der Waals surface area contributed by atoms with Gasteiger partial charge in [-0.2, -0.15) is 0 Å². The molecule has 2 rings (SSSR count). The molecular weight excluding hydrogens is 204 g/mol. The molecule has 1 heterocycles. The number of aliphatic carboxylic acids is 1. The smallest absolute Gasteiger partial charge is 0.313 e. The van der Waals surface area contributed by atoms with Crippen molar-refractivity contribution < 1.29 is 9.90 Å². The second-order valence-corrected chi connectivity index (χ2v) is 4.14. The van der Waals surface area contributed by atoms with Crippen molar-refractivity contribution in [3.8, 4) is 0 Å². The third-order valence-corrected chi connectivity index (χ3v) is 2.82. The second-order valence-electron chi connectivity index (χ2n) is 3.16. The lowest BCUT2D eigenvalue weighted by molar-refractivity contribution is -0.133. The minimum Gasteiger partial charge on any atom is -0.481 e. The van der Waals surface area contributed by atoms with Gasteiger partial charge in [0.05, 0.1) is 17.5 Å². The molecule has 1 aromatic heterocycles. The van der Waals surface area contributed by atoms with E-state index in [1.807, 2.05) is 0 Å². The first-order valence-corrected chi connectivity index (χ1v) is 5.49. The van der Waals surface area contributed by atoms with Gasteiger partial charge in [0.2, 0.25) is 0 Å². The topological polar surface area (TPSA) is 80.9 Å². The number of hydrogen-bond acceptors (Lipinski definition) is 5. The van der Waals surface area contributed by atoms with Crippen LogP contribution < -0.4 is 0 Å². The zero-order valence-electron chi connectivity index (χ0n) is 7.46. The van der Waals surface area contributed by atoms with Crippen molar-refractivity contribution in [1.82, 2.24) is 20.2 Å². The molecule has 1 N–H and O–H groups in total. The number of hydrogen-bond donors (Lipinski definition) is 1. The molecule has 1 fully saturated rings. The summed E-state index contributed by atoms with van der Waals surface area (Å²) >= 11 is 1.32. The van der Waals surface area contributed by atoms with Crippen molar-refractivity contribution in [1.29, 1.82) is 0 Å². The molecule has 0 radical (unpaired) electrons. The van der Waals surface area contributed by atoms with Crippen LogP contribution in [0.4, 0.5) is 0 Å². The molecule has 0 aromatic carbocycles. The van der Waals surface area contributed by atoms with Crippen LogP contribution in [0, 0.1) is 0 Å². The lowest BCUT2D eigenvalue weighted by Crippen LogP contribution is -2.04. The Balaban J connectivity index is 1.88. The molecule has 0 bridgehead atoms. The van der Waals surface area contributed by atoms with Gasteiger partial charge in [-0.05, 0) is 23.3 Å². The van der Waals surface area contributed by atoms with Crippen LogP contribution in [0.15, 0.2) is 0 Å². The van der Waals surface area contributed by atoms with Gasteiger partial charge in [0.15, 0.2) is 5.82 Å². The largest absolute Gasteiger partial charge is 0.481 e. The van der Waals surface area contributed by atoms with E-state index < -0.39 is 5.97 Å². The molecule has 7 heteroatoms. The van der Waals surface area contributed by atoms with Crippen LogP contribution in [0.25, 0.3) is 0 Å². The SMILES string of the molecule is O=C(O)CSCc1nnnn1C1CC1. The maximum atomic E-state index is 10.3. The first kappa shape index (κ1) is 9.45. The number of carboxylic acids is 1. The Morgan fingerprint density at radius 1 is 1.64 bits per heavy atom. The zero-order chi connectivity index (χ0) is 9.97. The summed E-state index contributed by atoms with van der Waals surface area (Å²) in [6.45, 7) is 0. The van der Waals surface area contributed by atoms with E-state index in [-0.39, 0.29) is 5.75 Å². The van der Waals surface area contributed by atoms with Gasteiger partial charge >= 0.3 is 5.97 Å². The van der Waals surface area contributed by atoms with Crippen LogP contribution in [0.2, 0.25) is 0 Å². The van der Waals surface area contributed by atoms with Crippen LogP contribution in [-0.4, -0.2) is 37.0 Å². The van der Waals surface area contributed by atoms with Crippen LogP contribution in [0.5, 0.6) is 0 Å². The standard InChI is InChI=1S/C7H10N4O2S/c12-7(13)4-14-3-6-8-9-10-11(6)5-1-2-5/h5H,1-4H2,(H,12,13). The van der Waals surface area contributed by atoms with Crippen molar-refractivity contribution >= 4 is 17.7 Å². The van der Waals surface area contributed by atoms with Gasteiger partial charge in [0.25, 0.3) is 0 Å². The normalized spacial score (nSPS) is 15.7. The monoisotopic (exact) mass is 214 g/mol. The molecule has 0 unspecified atom stereocenters. The Hall–Kier alpha value is -1.11. The molecule has 1 saturated carbocycles. The van der Waals surface area contributed by atoms with E-state index in [0.29, 0.717) is 11.8 Å². The summed E-state index contributed by atoms with van der Waals surface area (Å²) in [4.78, 5) is 10.3. The molecule has 0 aliphatic heterocycles. The van der Waals surface area contributed by atoms with Crippen LogP contribution in [0.1, 0.15) is 24.7 Å². The molecule has 0 atom stereocenters. The predicted octanol–water partition coefficient (Wildman–Crippen LogP) is 0.326. The first-order valence-electron chi connectivity index (χ1n) is 4.33. The van der Waals surface area contributed by atoms with Gasteiger partial charge in [-0.15, -0.1) is 16.9 Å². The molecule has 1 aromatic rings. The van der Waals surface area contributed by atoms with Gasteiger partial charge in [0, 0.05) is 0 Å². The summed E-state index contributed by atoms with van der Waals surface area (Å²) in [5.74, 6) is 0.632. The summed E-state index contributed by atoms with van der Waals surface area (Å²) in [6.07, 6.45) is 2.25. The zero-order valence-corrected chi connectivity index (χ0v) is 8.27. The number of nitrogens with zero attached hydrogens (tertiary/aromatic N) is 4. The van der Waals surface area contributed by atoms with Gasteiger partial charge < -0.3 is 5.11 Å². The van der Waals surface area contributed by atoms with Crippen molar-refractivity contribution in [3.63, 3.8) is 0 Å². The minimum absolute atomic E-state index is 0.0948. The molecule has 0 amide bonds. The van der Waals surface area contributed by atoms with Gasteiger partial charge in [-0.25, -0.2) is 4.68 Å². The summed E-state index contributed by atoms with van der Waals surface area (Å²) in [7, 11) is 0. The summed E-state index contributed by atoms with van der Waals surface area (Å²) in [5.41, 5.74) is 0. The quantitative estimate of drug-likeness (QED) is 0.760. The predicted molar refractivity (Wildman–Crippen MR) is 49.9 cm³/mol. The van der Waals surface area contributed by atoms with Gasteiger partial charge in [-0.1, -0.05) is 0 Å². The van der Waals surface area contributed by atoms with E-state index in [9.17, 15) is 4.79 Å². The van der Waals surface area contributed by atoms with E-state index in [2.05, 4.69) is 15.5 Å². The highest BCUT2D eigenvalue weighted by Gasteiger charge is 2.27. The van der Waals surface area contributed by atoms with Crippen LogP contribution in [-0.2, 0) is 10.5 Å². The maximum absolute atomic E-state index is 10.3. The fourth-order valence-corrected chi connectivity index (χ4v) is 1.79. The Kier molecular flexibility index (Phi) is 2.67. The summed E-state index contributed by atoms with van der Waals surface area (Å²) < 4.78 is 1.80. The van der Waals surface area contributed by atoms with E-state index in [1.54, 1.807) is 4.68 Å². The summed E-state index contributed by atoms with van der Waals surface area (Å²) in [5, 5.41) is 19.8. The molecule has 0 saturated heterocycles. The van der Waals surface area contributed by atoms with Crippen molar-refractivity contribution in [2.24, 2.45) is 0 Å². The number of rotatable bonds is 5. The Labute approximate surface area is 84.7 Å². The Morgan fingerprint density at radius 2 is 2.43 bits per heavy atom. The molecule has 0 spiro atoms. The number of aromatic nitrogens is 4. The second kappa shape index (κ2) is 3.95. The van der Waals surface area contributed by atoms with Crippen molar-refractivity contribution in [3.05, 3.63) is 5.82 Å². The number of thioether (sulfide) groups is 1. The average Bonchev–Trinajstić information content (AvgIpc) is 2.87. The molecule has 1 aliphatic rings. The van der Waals surface area contributed by atoms with Gasteiger partial charge in [-0.3, -0.25) is 4.79 Å². The van der Waals surface area contributed by atoms with Crippen molar-refractivity contribution in [2.45, 2.75) is 24.6 Å². The van der Waals surface area contributed by atoms with E-state index in [1.165, 1.54) is 11.8 Å². The number of carbonyl (C=O) groups is 1. The van der Waals surface area contributed by atoms with E-state index in [0.717, 1.165) is 18.7 Å². The Bertz CT molecular complexity index is 336. The minimum atomic E-state index is -0.805. The fourth-order valence-electron chi connectivity index (χ4n) is 1.14. The third-order valence-electron chi connectivity index (χ3n) is 1.91. The fraction of sp³-hybridized carbons (Fsp3) is 0.714. The van der Waals surface area contributed by atoms with E-state index >= 15 is 0 Å². The first-order chi connectivity index (χ1) is 6.77. The lowest BCUT2D eigenvalue weighted by atomic mass is 10.6. The lowest BCUT2D eigenvalue weighted by Gasteiger charge is -2.00. The average molecular weight is 214 g/mol.